The molecular weight excluding hydrogens is 200 g/mol. The molecule has 2 heterocycles. The lowest BCUT2D eigenvalue weighted by atomic mass is 10.1. The monoisotopic (exact) mass is 224 g/mol. The fraction of sp³-hybridized carbons (Fsp3) is 0.833. The van der Waals surface area contributed by atoms with E-state index in [-0.39, 0.29) is 5.66 Å². The minimum atomic E-state index is 0.235. The van der Waals surface area contributed by atoms with Crippen molar-refractivity contribution < 1.29 is 0 Å². The van der Waals surface area contributed by atoms with Gasteiger partial charge in [-0.2, -0.15) is 0 Å². The zero-order chi connectivity index (χ0) is 10.7. The van der Waals surface area contributed by atoms with Crippen molar-refractivity contribution in [2.75, 3.05) is 26.2 Å². The van der Waals surface area contributed by atoms with Gasteiger partial charge in [0.25, 0.3) is 0 Å². The Morgan fingerprint density at radius 3 is 1.67 bits per heavy atom. The molecule has 0 atom stereocenters. The second-order valence-corrected chi connectivity index (χ2v) is 5.53. The molecule has 0 aromatic rings. The Morgan fingerprint density at radius 1 is 1.00 bits per heavy atom. The van der Waals surface area contributed by atoms with Gasteiger partial charge >= 0.3 is 0 Å². The summed E-state index contributed by atoms with van der Waals surface area (Å²) < 4.78 is 0. The van der Waals surface area contributed by atoms with Gasteiger partial charge in [-0.25, -0.2) is 0 Å². The highest BCUT2D eigenvalue weighted by Crippen LogP contribution is 2.32. The van der Waals surface area contributed by atoms with Crippen LogP contribution in [0.2, 0.25) is 6.04 Å². The highest BCUT2D eigenvalue weighted by molar-refractivity contribution is 6.09. The Kier molecular flexibility index (Phi) is 3.64. The lowest BCUT2D eigenvalue weighted by molar-refractivity contribution is 0.0250. The molecule has 0 amide bonds. The molecule has 0 unspecified atom stereocenters. The maximum atomic E-state index is 4.13. The van der Waals surface area contributed by atoms with E-state index in [1.54, 1.807) is 0 Å². The Labute approximate surface area is 96.7 Å². The van der Waals surface area contributed by atoms with Crippen LogP contribution in [-0.2, 0) is 0 Å². The van der Waals surface area contributed by atoms with E-state index in [2.05, 4.69) is 22.5 Å². The quantitative estimate of drug-likeness (QED) is 0.516. The van der Waals surface area contributed by atoms with Crippen molar-refractivity contribution in [1.82, 2.24) is 9.80 Å². The molecule has 15 heavy (non-hydrogen) atoms. The first kappa shape index (κ1) is 11.4. The van der Waals surface area contributed by atoms with Crippen molar-refractivity contribution >= 4 is 10.2 Å². The van der Waals surface area contributed by atoms with Crippen LogP contribution in [-0.4, -0.2) is 51.9 Å². The second-order valence-electron chi connectivity index (χ2n) is 4.82. The first-order valence-corrected chi connectivity index (χ1v) is 7.88. The van der Waals surface area contributed by atoms with Gasteiger partial charge in [0.1, 0.15) is 0 Å². The molecule has 0 aromatic heterocycles. The highest BCUT2D eigenvalue weighted by atomic mass is 28.1. The SMILES string of the molecule is C=CC(C[SiH3])(N1CCCC1)N1CCCC1. The van der Waals surface area contributed by atoms with E-state index >= 15 is 0 Å². The van der Waals surface area contributed by atoms with Crippen LogP contribution in [0.4, 0.5) is 0 Å². The lowest BCUT2D eigenvalue weighted by Crippen LogP contribution is -2.57. The van der Waals surface area contributed by atoms with Crippen LogP contribution in [0.1, 0.15) is 25.7 Å². The molecule has 2 saturated heterocycles. The zero-order valence-electron chi connectivity index (χ0n) is 10.0. The van der Waals surface area contributed by atoms with Crippen LogP contribution in [0, 0.1) is 0 Å². The average Bonchev–Trinajstić information content (AvgIpc) is 2.92. The molecule has 0 aliphatic carbocycles. The zero-order valence-corrected chi connectivity index (χ0v) is 12.0. The van der Waals surface area contributed by atoms with Crippen LogP contribution in [0.3, 0.4) is 0 Å². The van der Waals surface area contributed by atoms with Gasteiger partial charge in [0.15, 0.2) is 0 Å². The van der Waals surface area contributed by atoms with Gasteiger partial charge in [0, 0.05) is 36.4 Å². The van der Waals surface area contributed by atoms with Crippen molar-refractivity contribution in [3.05, 3.63) is 12.7 Å². The predicted octanol–water partition coefficient (Wildman–Crippen LogP) is 0.844. The van der Waals surface area contributed by atoms with Gasteiger partial charge in [-0.1, -0.05) is 12.7 Å². The number of rotatable bonds is 4. The van der Waals surface area contributed by atoms with Gasteiger partial charge in [-0.15, -0.1) is 0 Å². The van der Waals surface area contributed by atoms with E-state index in [4.69, 9.17) is 0 Å². The molecule has 0 aromatic carbocycles. The smallest absolute Gasteiger partial charge is 0.0894 e. The van der Waals surface area contributed by atoms with Crippen molar-refractivity contribution in [2.45, 2.75) is 37.4 Å². The Bertz CT molecular complexity index is 202. The van der Waals surface area contributed by atoms with Gasteiger partial charge in [0.05, 0.1) is 5.66 Å². The number of hydrogen-bond donors (Lipinski definition) is 0. The second kappa shape index (κ2) is 4.81. The first-order valence-electron chi connectivity index (χ1n) is 6.47. The topological polar surface area (TPSA) is 6.48 Å². The van der Waals surface area contributed by atoms with E-state index < -0.39 is 0 Å². The Hall–Kier alpha value is -0.123. The highest BCUT2D eigenvalue weighted by Gasteiger charge is 2.39. The predicted molar refractivity (Wildman–Crippen MR) is 69.3 cm³/mol. The summed E-state index contributed by atoms with van der Waals surface area (Å²) in [6.45, 7) is 9.26. The van der Waals surface area contributed by atoms with Gasteiger partial charge < -0.3 is 0 Å². The molecule has 0 radical (unpaired) electrons. The first-order chi connectivity index (χ1) is 7.33. The van der Waals surface area contributed by atoms with Crippen molar-refractivity contribution in [3.8, 4) is 0 Å². The van der Waals surface area contributed by atoms with Crippen molar-refractivity contribution in [1.29, 1.82) is 0 Å². The number of nitrogens with zero attached hydrogens (tertiary/aromatic N) is 2. The summed E-state index contributed by atoms with van der Waals surface area (Å²) in [6.07, 6.45) is 7.75. The number of hydrogen-bond acceptors (Lipinski definition) is 2. The van der Waals surface area contributed by atoms with Crippen LogP contribution >= 0.6 is 0 Å². The number of likely N-dealkylation sites (tertiary alicyclic amines) is 2. The van der Waals surface area contributed by atoms with Gasteiger partial charge in [0.2, 0.25) is 0 Å². The minimum absolute atomic E-state index is 0.235. The molecule has 86 valence electrons. The van der Waals surface area contributed by atoms with Gasteiger partial charge in [-0.3, -0.25) is 9.80 Å². The maximum Gasteiger partial charge on any atom is 0.0894 e. The van der Waals surface area contributed by atoms with Crippen LogP contribution < -0.4 is 0 Å². The summed E-state index contributed by atoms with van der Waals surface area (Å²) in [4.78, 5) is 5.36. The normalized spacial score (nSPS) is 25.1. The summed E-state index contributed by atoms with van der Waals surface area (Å²) in [6, 6.07) is 1.32. The molecule has 2 aliphatic heterocycles. The fourth-order valence-electron chi connectivity index (χ4n) is 3.26. The summed E-state index contributed by atoms with van der Waals surface area (Å²) in [5.41, 5.74) is 0.235. The standard InChI is InChI=1S/C12H24N2Si/c1-2-12(11-15,13-7-3-4-8-13)14-9-5-6-10-14/h2H,1,3-11H2,15H3. The molecule has 0 N–H and O–H groups in total. The van der Waals surface area contributed by atoms with E-state index in [0.29, 0.717) is 0 Å². The van der Waals surface area contributed by atoms with Crippen LogP contribution in [0.5, 0.6) is 0 Å². The van der Waals surface area contributed by atoms with E-state index in [9.17, 15) is 0 Å². The molecule has 2 fully saturated rings. The molecule has 0 bridgehead atoms. The van der Waals surface area contributed by atoms with Crippen LogP contribution in [0.25, 0.3) is 0 Å². The van der Waals surface area contributed by atoms with E-state index in [1.165, 1.54) is 68.1 Å². The molecule has 2 rings (SSSR count). The third kappa shape index (κ3) is 1.93. The van der Waals surface area contributed by atoms with Crippen molar-refractivity contribution in [3.63, 3.8) is 0 Å². The third-order valence-corrected chi connectivity index (χ3v) is 5.20. The summed E-state index contributed by atoms with van der Waals surface area (Å²) in [5.74, 6) is 0. The molecule has 2 nitrogen and oxygen atoms in total. The lowest BCUT2D eigenvalue weighted by Gasteiger charge is -2.46. The fourth-order valence-corrected chi connectivity index (χ4v) is 4.44. The molecule has 2 aliphatic rings. The largest absolute Gasteiger partial charge is 0.282 e. The molecule has 3 heteroatoms. The average molecular weight is 224 g/mol. The van der Waals surface area contributed by atoms with E-state index in [1.807, 2.05) is 0 Å². The van der Waals surface area contributed by atoms with Gasteiger partial charge in [-0.05, 0) is 31.7 Å². The summed E-state index contributed by atoms with van der Waals surface area (Å²) in [7, 11) is 1.27. The van der Waals surface area contributed by atoms with Crippen LogP contribution in [0.15, 0.2) is 12.7 Å². The van der Waals surface area contributed by atoms with E-state index in [0.717, 1.165) is 0 Å². The summed E-state index contributed by atoms with van der Waals surface area (Å²) >= 11 is 0. The Morgan fingerprint density at radius 2 is 1.40 bits per heavy atom. The maximum absolute atomic E-state index is 4.13. The summed E-state index contributed by atoms with van der Waals surface area (Å²) in [5, 5.41) is 0. The Balaban J connectivity index is 2.16. The third-order valence-electron chi connectivity index (χ3n) is 4.15. The minimum Gasteiger partial charge on any atom is -0.282 e. The molecular formula is C12H24N2Si. The molecule has 0 saturated carbocycles. The van der Waals surface area contributed by atoms with Crippen molar-refractivity contribution in [2.24, 2.45) is 0 Å². The molecule has 0 spiro atoms.